The molecule has 0 bridgehead atoms. The number of nitrogens with zero attached hydrogens (tertiary/aromatic N) is 1. The summed E-state index contributed by atoms with van der Waals surface area (Å²) >= 11 is 3.39. The van der Waals surface area contributed by atoms with Gasteiger partial charge >= 0.3 is 0 Å². The third kappa shape index (κ3) is 4.23. The molecule has 0 spiro atoms. The highest BCUT2D eigenvalue weighted by Gasteiger charge is 2.09. The van der Waals surface area contributed by atoms with Crippen LogP contribution >= 0.6 is 15.9 Å². The lowest BCUT2D eigenvalue weighted by atomic mass is 10.2. The molecule has 2 aromatic carbocycles. The summed E-state index contributed by atoms with van der Waals surface area (Å²) in [7, 11) is 3.09. The van der Waals surface area contributed by atoms with Crippen molar-refractivity contribution in [2.75, 3.05) is 14.2 Å². The van der Waals surface area contributed by atoms with Crippen LogP contribution in [0.5, 0.6) is 17.2 Å². The highest BCUT2D eigenvalue weighted by Crippen LogP contribution is 2.35. The van der Waals surface area contributed by atoms with Crippen molar-refractivity contribution in [1.29, 1.82) is 0 Å². The number of benzene rings is 2. The van der Waals surface area contributed by atoms with Gasteiger partial charge in [0.1, 0.15) is 5.75 Å². The lowest BCUT2D eigenvalue weighted by Crippen LogP contribution is -2.17. The van der Waals surface area contributed by atoms with Gasteiger partial charge in [-0.25, -0.2) is 5.43 Å². The van der Waals surface area contributed by atoms with Crippen molar-refractivity contribution >= 4 is 28.1 Å². The van der Waals surface area contributed by atoms with Gasteiger partial charge in [0.2, 0.25) is 0 Å². The zero-order chi connectivity index (χ0) is 16.8. The van der Waals surface area contributed by atoms with Crippen molar-refractivity contribution in [2.45, 2.75) is 0 Å². The summed E-state index contributed by atoms with van der Waals surface area (Å²) in [6.07, 6.45) is 1.49. The predicted octanol–water partition coefficient (Wildman–Crippen LogP) is 2.94. The largest absolute Gasteiger partial charge is 0.508 e. The van der Waals surface area contributed by atoms with Gasteiger partial charge in [0, 0.05) is 5.56 Å². The molecular weight excluding hydrogens is 364 g/mol. The van der Waals surface area contributed by atoms with Crippen molar-refractivity contribution in [3.63, 3.8) is 0 Å². The minimum absolute atomic E-state index is 0.0974. The molecule has 0 aliphatic carbocycles. The molecule has 23 heavy (non-hydrogen) atoms. The number of rotatable bonds is 5. The first-order chi connectivity index (χ1) is 11.0. The first kappa shape index (κ1) is 16.8. The van der Waals surface area contributed by atoms with Crippen LogP contribution in [0.3, 0.4) is 0 Å². The number of hydrazone groups is 1. The number of ether oxygens (including phenoxy) is 2. The smallest absolute Gasteiger partial charge is 0.271 e. The molecule has 0 unspecified atom stereocenters. The number of phenolic OH excluding ortho intramolecular Hbond substituents is 1. The summed E-state index contributed by atoms with van der Waals surface area (Å²) in [5.41, 5.74) is 3.53. The van der Waals surface area contributed by atoms with Gasteiger partial charge < -0.3 is 14.6 Å². The van der Waals surface area contributed by atoms with Crippen LogP contribution in [0.1, 0.15) is 15.9 Å². The number of methoxy groups -OCH3 is 2. The number of phenols is 1. The molecule has 1 amide bonds. The molecule has 0 aromatic heterocycles. The fraction of sp³-hybridized carbons (Fsp3) is 0.125. The molecule has 0 fully saturated rings. The van der Waals surface area contributed by atoms with Crippen LogP contribution in [0, 0.1) is 0 Å². The van der Waals surface area contributed by atoms with Gasteiger partial charge in [-0.15, -0.1) is 0 Å². The minimum atomic E-state index is -0.374. The number of halogens is 1. The maximum Gasteiger partial charge on any atom is 0.271 e. The lowest BCUT2D eigenvalue weighted by molar-refractivity contribution is 0.0955. The molecule has 0 atom stereocenters. The van der Waals surface area contributed by atoms with Gasteiger partial charge in [0.05, 0.1) is 24.9 Å². The Labute approximate surface area is 141 Å². The van der Waals surface area contributed by atoms with E-state index in [2.05, 4.69) is 26.5 Å². The summed E-state index contributed by atoms with van der Waals surface area (Å²) in [5.74, 6) is 0.854. The van der Waals surface area contributed by atoms with Gasteiger partial charge in [-0.05, 0) is 57.9 Å². The van der Waals surface area contributed by atoms with Crippen molar-refractivity contribution < 1.29 is 19.4 Å². The summed E-state index contributed by atoms with van der Waals surface area (Å²) in [6.45, 7) is 0. The Morgan fingerprint density at radius 3 is 2.52 bits per heavy atom. The first-order valence-electron chi connectivity index (χ1n) is 6.59. The first-order valence-corrected chi connectivity index (χ1v) is 7.38. The average Bonchev–Trinajstić information content (AvgIpc) is 2.54. The molecule has 0 aliphatic heterocycles. The number of hydrogen-bond acceptors (Lipinski definition) is 5. The van der Waals surface area contributed by atoms with Gasteiger partial charge in [0.15, 0.2) is 11.5 Å². The molecule has 0 heterocycles. The molecular formula is C16H15BrN2O4. The molecule has 7 heteroatoms. The monoisotopic (exact) mass is 378 g/mol. The Balaban J connectivity index is 2.10. The Kier molecular flexibility index (Phi) is 5.59. The molecule has 0 aliphatic rings. The summed E-state index contributed by atoms with van der Waals surface area (Å²) in [6, 6.07) is 9.41. The number of carbonyl (C=O) groups is 1. The maximum absolute atomic E-state index is 11.9. The average molecular weight is 379 g/mol. The van der Waals surface area contributed by atoms with Crippen molar-refractivity contribution in [3.05, 3.63) is 52.0 Å². The van der Waals surface area contributed by atoms with Crippen LogP contribution in [0.15, 0.2) is 46.0 Å². The molecule has 0 saturated carbocycles. The molecule has 6 nitrogen and oxygen atoms in total. The van der Waals surface area contributed by atoms with E-state index in [1.54, 1.807) is 19.2 Å². The highest BCUT2D eigenvalue weighted by molar-refractivity contribution is 9.10. The number of aromatic hydroxyl groups is 1. The number of amides is 1. The SMILES string of the molecule is COc1cc(/C=N\NC(=O)c2ccc(O)cc2)cc(Br)c1OC. The van der Waals surface area contributed by atoms with Crippen LogP contribution in [0.2, 0.25) is 0 Å². The van der Waals surface area contributed by atoms with Gasteiger partial charge in [-0.3, -0.25) is 4.79 Å². The van der Waals surface area contributed by atoms with Crippen LogP contribution in [-0.4, -0.2) is 31.4 Å². The number of nitrogens with one attached hydrogen (secondary N) is 1. The van der Waals surface area contributed by atoms with Crippen molar-refractivity contribution in [1.82, 2.24) is 5.43 Å². The fourth-order valence-corrected chi connectivity index (χ4v) is 2.48. The van der Waals surface area contributed by atoms with E-state index in [0.29, 0.717) is 21.5 Å². The molecule has 2 rings (SSSR count). The topological polar surface area (TPSA) is 80.2 Å². The summed E-state index contributed by atoms with van der Waals surface area (Å²) in [5, 5.41) is 13.1. The third-order valence-corrected chi connectivity index (χ3v) is 3.55. The van der Waals surface area contributed by atoms with E-state index < -0.39 is 0 Å². The fourth-order valence-electron chi connectivity index (χ4n) is 1.86. The second kappa shape index (κ2) is 7.64. The maximum atomic E-state index is 11.9. The zero-order valence-corrected chi connectivity index (χ0v) is 14.1. The Hall–Kier alpha value is -2.54. The van der Waals surface area contributed by atoms with Crippen molar-refractivity contribution in [3.8, 4) is 17.2 Å². The second-order valence-electron chi connectivity index (χ2n) is 4.48. The standard InChI is InChI=1S/C16H15BrN2O4/c1-22-14-8-10(7-13(17)15(14)23-2)9-18-19-16(21)11-3-5-12(20)6-4-11/h3-9,20H,1-2H3,(H,19,21)/b18-9-. The van der Waals surface area contributed by atoms with E-state index >= 15 is 0 Å². The molecule has 0 radical (unpaired) electrons. The van der Waals surface area contributed by atoms with Crippen LogP contribution in [0.4, 0.5) is 0 Å². The number of carbonyl (C=O) groups excluding carboxylic acids is 1. The number of hydrogen-bond donors (Lipinski definition) is 2. The quantitative estimate of drug-likeness (QED) is 0.619. The van der Waals surface area contributed by atoms with E-state index in [1.165, 1.54) is 37.6 Å². The summed E-state index contributed by atoms with van der Waals surface area (Å²) < 4.78 is 11.2. The van der Waals surface area contributed by atoms with E-state index in [-0.39, 0.29) is 11.7 Å². The van der Waals surface area contributed by atoms with E-state index in [0.717, 1.165) is 5.56 Å². The molecule has 120 valence electrons. The Bertz CT molecular complexity index is 730. The normalized spacial score (nSPS) is 10.6. The van der Waals surface area contributed by atoms with Gasteiger partial charge in [-0.1, -0.05) is 0 Å². The lowest BCUT2D eigenvalue weighted by Gasteiger charge is -2.10. The predicted molar refractivity (Wildman–Crippen MR) is 90.4 cm³/mol. The van der Waals surface area contributed by atoms with Gasteiger partial charge in [0.25, 0.3) is 5.91 Å². The Morgan fingerprint density at radius 2 is 1.91 bits per heavy atom. The molecule has 2 N–H and O–H groups in total. The zero-order valence-electron chi connectivity index (χ0n) is 12.5. The Morgan fingerprint density at radius 1 is 1.22 bits per heavy atom. The third-order valence-electron chi connectivity index (χ3n) is 2.97. The highest BCUT2D eigenvalue weighted by atomic mass is 79.9. The van der Waals surface area contributed by atoms with E-state index in [9.17, 15) is 9.90 Å². The van der Waals surface area contributed by atoms with E-state index in [4.69, 9.17) is 9.47 Å². The van der Waals surface area contributed by atoms with E-state index in [1.807, 2.05) is 0 Å². The van der Waals surface area contributed by atoms with Crippen LogP contribution in [0.25, 0.3) is 0 Å². The van der Waals surface area contributed by atoms with Crippen LogP contribution in [-0.2, 0) is 0 Å². The molecule has 2 aromatic rings. The van der Waals surface area contributed by atoms with Crippen molar-refractivity contribution in [2.24, 2.45) is 5.10 Å². The summed E-state index contributed by atoms with van der Waals surface area (Å²) in [4.78, 5) is 11.9. The van der Waals surface area contributed by atoms with Gasteiger partial charge in [-0.2, -0.15) is 5.10 Å². The molecule has 0 saturated heterocycles. The second-order valence-corrected chi connectivity index (χ2v) is 5.34. The van der Waals surface area contributed by atoms with Crippen LogP contribution < -0.4 is 14.9 Å². The minimum Gasteiger partial charge on any atom is -0.508 e.